The molecule has 0 aliphatic rings. The van der Waals surface area contributed by atoms with Crippen molar-refractivity contribution in [2.24, 2.45) is 0 Å². The van der Waals surface area contributed by atoms with E-state index in [9.17, 15) is 0 Å². The minimum Gasteiger partial charge on any atom is -0.494 e. The molecule has 114 valence electrons. The van der Waals surface area contributed by atoms with Gasteiger partial charge in [-0.05, 0) is 50.1 Å². The highest BCUT2D eigenvalue weighted by Crippen LogP contribution is 2.22. The van der Waals surface area contributed by atoms with Crippen molar-refractivity contribution in [1.29, 1.82) is 0 Å². The molecule has 0 spiro atoms. The lowest BCUT2D eigenvalue weighted by molar-refractivity contribution is 0.309. The first-order chi connectivity index (χ1) is 10.2. The second kappa shape index (κ2) is 8.20. The van der Waals surface area contributed by atoms with Crippen LogP contribution >= 0.6 is 11.3 Å². The van der Waals surface area contributed by atoms with Crippen LogP contribution in [0.4, 0.5) is 0 Å². The zero-order valence-electron chi connectivity index (χ0n) is 13.2. The Balaban J connectivity index is 1.80. The van der Waals surface area contributed by atoms with Crippen molar-refractivity contribution in [2.45, 2.75) is 46.2 Å². The van der Waals surface area contributed by atoms with Gasteiger partial charge in [0, 0.05) is 22.3 Å². The summed E-state index contributed by atoms with van der Waals surface area (Å²) in [4.78, 5) is 2.76. The smallest absolute Gasteiger partial charge is 0.119 e. The number of aryl methyl sites for hydroxylation is 1. The van der Waals surface area contributed by atoms with Gasteiger partial charge in [0.2, 0.25) is 0 Å². The maximum Gasteiger partial charge on any atom is 0.119 e. The average Bonchev–Trinajstić information content (AvgIpc) is 2.93. The molecule has 0 saturated heterocycles. The number of benzene rings is 1. The van der Waals surface area contributed by atoms with Crippen molar-refractivity contribution in [2.75, 3.05) is 6.61 Å². The molecule has 3 heteroatoms. The summed E-state index contributed by atoms with van der Waals surface area (Å²) in [6.07, 6.45) is 2.28. The molecule has 1 N–H and O–H groups in total. The van der Waals surface area contributed by atoms with Gasteiger partial charge in [-0.2, -0.15) is 0 Å². The van der Waals surface area contributed by atoms with Crippen LogP contribution < -0.4 is 10.1 Å². The molecule has 0 amide bonds. The van der Waals surface area contributed by atoms with Gasteiger partial charge in [-0.25, -0.2) is 0 Å². The summed E-state index contributed by atoms with van der Waals surface area (Å²) in [6.45, 7) is 8.23. The van der Waals surface area contributed by atoms with Crippen molar-refractivity contribution in [1.82, 2.24) is 5.32 Å². The number of hydrogen-bond donors (Lipinski definition) is 1. The average molecular weight is 303 g/mol. The first-order valence-electron chi connectivity index (χ1n) is 7.70. The molecule has 1 aromatic carbocycles. The predicted octanol–water partition coefficient (Wildman–Crippen LogP) is 5.09. The monoisotopic (exact) mass is 303 g/mol. The molecule has 2 nitrogen and oxygen atoms in total. The maximum atomic E-state index is 5.68. The minimum absolute atomic E-state index is 0.393. The number of ether oxygens (including phenoxy) is 1. The molecule has 0 aliphatic heterocycles. The standard InChI is InChI=1S/C18H25NOS/c1-4-5-12-20-17-9-7-16(8-10-17)13-19-15(3)18-11-6-14(2)21-18/h6-11,15,19H,4-5,12-13H2,1-3H3. The van der Waals surface area contributed by atoms with Gasteiger partial charge in [0.1, 0.15) is 5.75 Å². The Morgan fingerprint density at radius 2 is 1.90 bits per heavy atom. The molecule has 0 bridgehead atoms. The first kappa shape index (κ1) is 16.1. The van der Waals surface area contributed by atoms with Crippen molar-refractivity contribution >= 4 is 11.3 Å². The van der Waals surface area contributed by atoms with E-state index in [4.69, 9.17) is 4.74 Å². The lowest BCUT2D eigenvalue weighted by atomic mass is 10.2. The largest absolute Gasteiger partial charge is 0.494 e. The van der Waals surface area contributed by atoms with Crippen LogP contribution in [-0.2, 0) is 6.54 Å². The van der Waals surface area contributed by atoms with E-state index in [-0.39, 0.29) is 0 Å². The lowest BCUT2D eigenvalue weighted by Gasteiger charge is -2.12. The Labute approximate surface area is 132 Å². The van der Waals surface area contributed by atoms with Gasteiger partial charge in [0.25, 0.3) is 0 Å². The number of unbranched alkanes of at least 4 members (excludes halogenated alkanes) is 1. The van der Waals surface area contributed by atoms with Crippen molar-refractivity contribution < 1.29 is 4.74 Å². The summed E-state index contributed by atoms with van der Waals surface area (Å²) in [6, 6.07) is 13.2. The molecular formula is C18H25NOS. The lowest BCUT2D eigenvalue weighted by Crippen LogP contribution is -2.17. The van der Waals surface area contributed by atoms with E-state index < -0.39 is 0 Å². The van der Waals surface area contributed by atoms with Crippen molar-refractivity contribution in [3.05, 3.63) is 51.7 Å². The minimum atomic E-state index is 0.393. The second-order valence-electron chi connectivity index (χ2n) is 5.40. The Morgan fingerprint density at radius 3 is 2.52 bits per heavy atom. The summed E-state index contributed by atoms with van der Waals surface area (Å²) in [5, 5.41) is 3.57. The molecule has 21 heavy (non-hydrogen) atoms. The normalized spacial score (nSPS) is 12.3. The molecule has 1 heterocycles. The topological polar surface area (TPSA) is 21.3 Å². The van der Waals surface area contributed by atoms with Crippen LogP contribution in [0.25, 0.3) is 0 Å². The number of nitrogens with one attached hydrogen (secondary N) is 1. The highest BCUT2D eigenvalue weighted by molar-refractivity contribution is 7.12. The van der Waals surface area contributed by atoms with E-state index in [1.54, 1.807) is 0 Å². The molecule has 2 aromatic rings. The fourth-order valence-corrected chi connectivity index (χ4v) is 3.00. The number of rotatable bonds is 8. The third-order valence-corrected chi connectivity index (χ3v) is 4.67. The van der Waals surface area contributed by atoms with Gasteiger partial charge >= 0.3 is 0 Å². The van der Waals surface area contributed by atoms with E-state index in [0.29, 0.717) is 6.04 Å². The van der Waals surface area contributed by atoms with Crippen LogP contribution in [0.3, 0.4) is 0 Å². The van der Waals surface area contributed by atoms with Crippen LogP contribution in [-0.4, -0.2) is 6.61 Å². The highest BCUT2D eigenvalue weighted by atomic mass is 32.1. The number of thiophene rings is 1. The Hall–Kier alpha value is -1.32. The van der Waals surface area contributed by atoms with Crippen LogP contribution in [0.15, 0.2) is 36.4 Å². The molecule has 1 aromatic heterocycles. The zero-order chi connectivity index (χ0) is 15.1. The number of hydrogen-bond acceptors (Lipinski definition) is 3. The fraction of sp³-hybridized carbons (Fsp3) is 0.444. The quantitative estimate of drug-likeness (QED) is 0.686. The summed E-state index contributed by atoms with van der Waals surface area (Å²) in [5.74, 6) is 0.967. The Bertz CT molecular complexity index is 532. The zero-order valence-corrected chi connectivity index (χ0v) is 14.0. The van der Waals surface area contributed by atoms with E-state index in [1.165, 1.54) is 21.7 Å². The molecule has 1 atom stereocenters. The molecule has 1 unspecified atom stereocenters. The third kappa shape index (κ3) is 5.18. The summed E-state index contributed by atoms with van der Waals surface area (Å²) >= 11 is 1.86. The Morgan fingerprint density at radius 1 is 1.14 bits per heavy atom. The molecule has 0 fully saturated rings. The highest BCUT2D eigenvalue weighted by Gasteiger charge is 2.07. The Kier molecular flexibility index (Phi) is 6.27. The fourth-order valence-electron chi connectivity index (χ4n) is 2.10. The van der Waals surface area contributed by atoms with Crippen LogP contribution in [0, 0.1) is 6.92 Å². The summed E-state index contributed by atoms with van der Waals surface area (Å²) in [7, 11) is 0. The van der Waals surface area contributed by atoms with E-state index in [1.807, 2.05) is 11.3 Å². The van der Waals surface area contributed by atoms with E-state index in [2.05, 4.69) is 62.5 Å². The SMILES string of the molecule is CCCCOc1ccc(CNC(C)c2ccc(C)s2)cc1. The summed E-state index contributed by atoms with van der Waals surface area (Å²) < 4.78 is 5.68. The van der Waals surface area contributed by atoms with Crippen LogP contribution in [0.5, 0.6) is 5.75 Å². The molecule has 0 aliphatic carbocycles. The maximum absolute atomic E-state index is 5.68. The first-order valence-corrected chi connectivity index (χ1v) is 8.52. The van der Waals surface area contributed by atoms with Gasteiger partial charge < -0.3 is 10.1 Å². The molecule has 2 rings (SSSR count). The van der Waals surface area contributed by atoms with Gasteiger partial charge in [-0.3, -0.25) is 0 Å². The van der Waals surface area contributed by atoms with Gasteiger partial charge in [0.15, 0.2) is 0 Å². The second-order valence-corrected chi connectivity index (χ2v) is 6.72. The van der Waals surface area contributed by atoms with Gasteiger partial charge in [0.05, 0.1) is 6.61 Å². The van der Waals surface area contributed by atoms with Crippen molar-refractivity contribution in [3.63, 3.8) is 0 Å². The third-order valence-electron chi connectivity index (χ3n) is 3.49. The molecule has 0 radical (unpaired) electrons. The predicted molar refractivity (Wildman–Crippen MR) is 91.2 cm³/mol. The molecule has 0 saturated carbocycles. The van der Waals surface area contributed by atoms with Crippen LogP contribution in [0.2, 0.25) is 0 Å². The van der Waals surface area contributed by atoms with Crippen molar-refractivity contribution in [3.8, 4) is 5.75 Å². The van der Waals surface area contributed by atoms with Crippen LogP contribution in [0.1, 0.15) is 48.0 Å². The van der Waals surface area contributed by atoms with Gasteiger partial charge in [-0.1, -0.05) is 25.5 Å². The van der Waals surface area contributed by atoms with E-state index in [0.717, 1.165) is 25.3 Å². The van der Waals surface area contributed by atoms with E-state index >= 15 is 0 Å². The van der Waals surface area contributed by atoms with Gasteiger partial charge in [-0.15, -0.1) is 11.3 Å². The summed E-state index contributed by atoms with van der Waals surface area (Å²) in [5.41, 5.74) is 1.29. The molecular weight excluding hydrogens is 278 g/mol.